The first-order chi connectivity index (χ1) is 9.68. The number of Topliss-reactive ketones (excluding diaryl/α,β-unsaturated/α-hetero) is 1. The van der Waals surface area contributed by atoms with E-state index >= 15 is 0 Å². The van der Waals surface area contributed by atoms with Crippen molar-refractivity contribution >= 4 is 22.8 Å². The number of hydrogen-bond donors (Lipinski definition) is 0. The van der Waals surface area contributed by atoms with Gasteiger partial charge in [-0.3, -0.25) is 14.9 Å². The molecule has 2 rings (SSSR count). The second-order valence-corrected chi connectivity index (χ2v) is 7.76. The molecule has 0 spiro atoms. The predicted molar refractivity (Wildman–Crippen MR) is 82.2 cm³/mol. The highest BCUT2D eigenvalue weighted by molar-refractivity contribution is 7.16. The van der Waals surface area contributed by atoms with E-state index in [2.05, 4.69) is 20.8 Å². The highest BCUT2D eigenvalue weighted by atomic mass is 32.1. The van der Waals surface area contributed by atoms with Crippen LogP contribution in [0.4, 0.5) is 5.69 Å². The molecule has 1 aliphatic carbocycles. The highest BCUT2D eigenvalue weighted by Crippen LogP contribution is 2.43. The lowest BCUT2D eigenvalue weighted by Crippen LogP contribution is -2.34. The van der Waals surface area contributed by atoms with Gasteiger partial charge in [-0.25, -0.2) is 0 Å². The number of carbonyl (C=O) groups excluding carboxylic acids is 1. The van der Waals surface area contributed by atoms with E-state index in [1.807, 2.05) is 0 Å². The Morgan fingerprint density at radius 3 is 2.67 bits per heavy atom. The van der Waals surface area contributed by atoms with Gasteiger partial charge in [0.1, 0.15) is 6.10 Å². The van der Waals surface area contributed by atoms with E-state index in [-0.39, 0.29) is 28.1 Å². The number of thiophene rings is 1. The molecule has 21 heavy (non-hydrogen) atoms. The summed E-state index contributed by atoms with van der Waals surface area (Å²) >= 11 is 1.08. The van der Waals surface area contributed by atoms with Crippen LogP contribution in [0.5, 0.6) is 5.06 Å². The highest BCUT2D eigenvalue weighted by Gasteiger charge is 2.35. The van der Waals surface area contributed by atoms with Crippen LogP contribution in [0.1, 0.15) is 56.6 Å². The smallest absolute Gasteiger partial charge is 0.323 e. The molecule has 1 fully saturated rings. The van der Waals surface area contributed by atoms with Crippen LogP contribution >= 0.6 is 11.3 Å². The molecule has 1 heterocycles. The Bertz CT molecular complexity index is 564. The van der Waals surface area contributed by atoms with Gasteiger partial charge in [0.2, 0.25) is 0 Å². The minimum Gasteiger partial charge on any atom is -0.476 e. The lowest BCUT2D eigenvalue weighted by molar-refractivity contribution is -0.385. The largest absolute Gasteiger partial charge is 0.476 e. The number of nitro groups is 1. The first kappa shape index (κ1) is 15.9. The summed E-state index contributed by atoms with van der Waals surface area (Å²) in [7, 11) is 0. The van der Waals surface area contributed by atoms with Gasteiger partial charge in [-0.2, -0.15) is 0 Å². The summed E-state index contributed by atoms with van der Waals surface area (Å²) in [5.74, 6) is 0.361. The van der Waals surface area contributed by atoms with Crippen LogP contribution < -0.4 is 4.74 Å². The Kier molecular flexibility index (Phi) is 4.37. The van der Waals surface area contributed by atoms with E-state index in [1.165, 1.54) is 13.0 Å². The van der Waals surface area contributed by atoms with Gasteiger partial charge >= 0.3 is 5.69 Å². The van der Waals surface area contributed by atoms with Crippen molar-refractivity contribution in [1.82, 2.24) is 0 Å². The Morgan fingerprint density at radius 2 is 2.14 bits per heavy atom. The maximum atomic E-state index is 11.4. The SMILES string of the molecule is CC(=O)c1cc([N+](=O)[O-])c(OC2CC(C)CC(C)(C)C2)s1. The Balaban J connectivity index is 2.22. The van der Waals surface area contributed by atoms with E-state index < -0.39 is 4.92 Å². The molecule has 1 aromatic rings. The second kappa shape index (κ2) is 5.75. The molecule has 116 valence electrons. The van der Waals surface area contributed by atoms with Crippen molar-refractivity contribution in [3.05, 3.63) is 21.1 Å². The van der Waals surface area contributed by atoms with Crippen LogP contribution in [0, 0.1) is 21.4 Å². The van der Waals surface area contributed by atoms with Gasteiger partial charge in [0, 0.05) is 6.07 Å². The maximum Gasteiger partial charge on any atom is 0.323 e. The predicted octanol–water partition coefficient (Wildman–Crippen LogP) is 4.45. The normalized spacial score (nSPS) is 24.6. The number of ketones is 1. The van der Waals surface area contributed by atoms with Crippen molar-refractivity contribution in [2.45, 2.75) is 53.1 Å². The van der Waals surface area contributed by atoms with Gasteiger partial charge in [0.15, 0.2) is 5.78 Å². The average Bonchev–Trinajstić information content (AvgIpc) is 2.70. The fraction of sp³-hybridized carbons (Fsp3) is 0.667. The summed E-state index contributed by atoms with van der Waals surface area (Å²) in [6, 6.07) is 1.32. The van der Waals surface area contributed by atoms with Crippen molar-refractivity contribution in [2.24, 2.45) is 11.3 Å². The van der Waals surface area contributed by atoms with Gasteiger partial charge < -0.3 is 4.74 Å². The van der Waals surface area contributed by atoms with Gasteiger partial charge in [-0.05, 0) is 37.5 Å². The topological polar surface area (TPSA) is 69.4 Å². The van der Waals surface area contributed by atoms with Crippen LogP contribution in [0.25, 0.3) is 0 Å². The van der Waals surface area contributed by atoms with Gasteiger partial charge in [-0.1, -0.05) is 32.1 Å². The molecule has 0 aliphatic heterocycles. The molecule has 0 radical (unpaired) electrons. The molecule has 6 heteroatoms. The molecule has 0 N–H and O–H groups in total. The minimum absolute atomic E-state index is 0.0269. The molecule has 0 bridgehead atoms. The minimum atomic E-state index is -0.477. The molecule has 1 saturated carbocycles. The van der Waals surface area contributed by atoms with E-state index in [0.717, 1.165) is 30.6 Å². The van der Waals surface area contributed by atoms with Crippen LogP contribution in [0.2, 0.25) is 0 Å². The number of hydrogen-bond acceptors (Lipinski definition) is 5. The van der Waals surface area contributed by atoms with Crippen LogP contribution in [0.3, 0.4) is 0 Å². The van der Waals surface area contributed by atoms with Crippen molar-refractivity contribution in [1.29, 1.82) is 0 Å². The molecule has 1 aliphatic rings. The lowest BCUT2D eigenvalue weighted by atomic mass is 9.71. The number of rotatable bonds is 4. The summed E-state index contributed by atoms with van der Waals surface area (Å²) in [4.78, 5) is 22.4. The third kappa shape index (κ3) is 3.81. The molecule has 2 unspecified atom stereocenters. The van der Waals surface area contributed by atoms with Crippen molar-refractivity contribution in [3.63, 3.8) is 0 Å². The number of nitrogens with zero attached hydrogens (tertiary/aromatic N) is 1. The van der Waals surface area contributed by atoms with E-state index in [1.54, 1.807) is 0 Å². The third-order valence-corrected chi connectivity index (χ3v) is 4.96. The zero-order chi connectivity index (χ0) is 15.8. The van der Waals surface area contributed by atoms with E-state index in [0.29, 0.717) is 10.8 Å². The van der Waals surface area contributed by atoms with Crippen molar-refractivity contribution < 1.29 is 14.5 Å². The molecular formula is C15H21NO4S. The second-order valence-electron chi connectivity index (χ2n) is 6.75. The number of ether oxygens (including phenoxy) is 1. The molecule has 0 amide bonds. The Hall–Kier alpha value is -1.43. The van der Waals surface area contributed by atoms with Crippen LogP contribution in [-0.2, 0) is 0 Å². The van der Waals surface area contributed by atoms with Gasteiger partial charge in [0.25, 0.3) is 5.06 Å². The zero-order valence-electron chi connectivity index (χ0n) is 12.8. The van der Waals surface area contributed by atoms with Gasteiger partial charge in [0.05, 0.1) is 9.80 Å². The molecule has 1 aromatic heterocycles. The molecular weight excluding hydrogens is 290 g/mol. The quantitative estimate of drug-likeness (QED) is 0.468. The standard InChI is InChI=1S/C15H21NO4S/c1-9-5-11(8-15(3,4)7-9)20-14-12(16(18)19)6-13(21-14)10(2)17/h6,9,11H,5,7-8H2,1-4H3. The van der Waals surface area contributed by atoms with Crippen molar-refractivity contribution in [3.8, 4) is 5.06 Å². The molecule has 0 saturated heterocycles. The zero-order valence-corrected chi connectivity index (χ0v) is 13.7. The summed E-state index contributed by atoms with van der Waals surface area (Å²) in [5.41, 5.74) is 0.0823. The fourth-order valence-corrected chi connectivity index (χ4v) is 4.19. The lowest BCUT2D eigenvalue weighted by Gasteiger charge is -2.38. The molecule has 0 aromatic carbocycles. The molecule has 2 atom stereocenters. The van der Waals surface area contributed by atoms with E-state index in [9.17, 15) is 14.9 Å². The fourth-order valence-electron chi connectivity index (χ4n) is 3.25. The summed E-state index contributed by atoms with van der Waals surface area (Å²) in [6.07, 6.45) is 2.88. The first-order valence-corrected chi connectivity index (χ1v) is 7.95. The van der Waals surface area contributed by atoms with Gasteiger partial charge in [-0.15, -0.1) is 0 Å². The van der Waals surface area contributed by atoms with E-state index in [4.69, 9.17) is 4.74 Å². The maximum absolute atomic E-state index is 11.4. The summed E-state index contributed by atoms with van der Waals surface area (Å²) < 4.78 is 5.91. The first-order valence-electron chi connectivity index (χ1n) is 7.14. The Labute approximate surface area is 128 Å². The van der Waals surface area contributed by atoms with Crippen molar-refractivity contribution in [2.75, 3.05) is 0 Å². The summed E-state index contributed by atoms with van der Waals surface area (Å²) in [5, 5.41) is 11.4. The molecule has 5 nitrogen and oxygen atoms in total. The third-order valence-electron chi connectivity index (χ3n) is 3.84. The van der Waals surface area contributed by atoms with Crippen LogP contribution in [-0.4, -0.2) is 16.8 Å². The average molecular weight is 311 g/mol. The monoisotopic (exact) mass is 311 g/mol. The summed E-state index contributed by atoms with van der Waals surface area (Å²) in [6.45, 7) is 7.98. The number of carbonyl (C=O) groups is 1. The van der Waals surface area contributed by atoms with Crippen LogP contribution in [0.15, 0.2) is 6.07 Å². The Morgan fingerprint density at radius 1 is 1.48 bits per heavy atom.